The first-order chi connectivity index (χ1) is 11.6. The number of carbonyl (C=O) groups excluding carboxylic acids is 1. The van der Waals surface area contributed by atoms with Gasteiger partial charge in [-0.1, -0.05) is 41.9 Å². The summed E-state index contributed by atoms with van der Waals surface area (Å²) in [6.07, 6.45) is 0.399. The first-order valence-corrected chi connectivity index (χ1v) is 7.95. The van der Waals surface area contributed by atoms with Gasteiger partial charge >= 0.3 is 0 Å². The van der Waals surface area contributed by atoms with Crippen LogP contribution >= 0.6 is 11.6 Å². The Bertz CT molecular complexity index is 905. The molecule has 2 aromatic heterocycles. The quantitative estimate of drug-likeness (QED) is 0.778. The fourth-order valence-corrected chi connectivity index (χ4v) is 3.21. The molecule has 1 aliphatic rings. The summed E-state index contributed by atoms with van der Waals surface area (Å²) in [5.41, 5.74) is 2.96. The fraction of sp³-hybridized carbons (Fsp3) is 0.176. The van der Waals surface area contributed by atoms with Gasteiger partial charge in [-0.15, -0.1) is 10.2 Å². The zero-order valence-corrected chi connectivity index (χ0v) is 13.7. The van der Waals surface area contributed by atoms with Gasteiger partial charge in [0.1, 0.15) is 5.82 Å². The minimum absolute atomic E-state index is 0.0241. The van der Waals surface area contributed by atoms with E-state index < -0.39 is 0 Å². The van der Waals surface area contributed by atoms with Crippen molar-refractivity contribution in [1.29, 1.82) is 0 Å². The molecule has 0 saturated carbocycles. The lowest BCUT2D eigenvalue weighted by molar-refractivity contribution is -0.116. The van der Waals surface area contributed by atoms with Crippen molar-refractivity contribution in [2.45, 2.75) is 19.3 Å². The average Bonchev–Trinajstić information content (AvgIpc) is 2.92. The highest BCUT2D eigenvalue weighted by molar-refractivity contribution is 6.29. The normalized spacial score (nSPS) is 16.6. The van der Waals surface area contributed by atoms with E-state index in [2.05, 4.69) is 20.6 Å². The molecule has 1 N–H and O–H groups in total. The Morgan fingerprint density at radius 2 is 1.96 bits per heavy atom. The van der Waals surface area contributed by atoms with E-state index in [1.807, 2.05) is 37.3 Å². The summed E-state index contributed by atoms with van der Waals surface area (Å²) in [5.74, 6) is 1.09. The number of amides is 1. The fourth-order valence-electron chi connectivity index (χ4n) is 3.10. The number of hydrogen-bond acceptors (Lipinski definition) is 4. The van der Waals surface area contributed by atoms with Crippen LogP contribution in [0.5, 0.6) is 0 Å². The molecule has 0 bridgehead atoms. The Labute approximate surface area is 143 Å². The highest BCUT2D eigenvalue weighted by Crippen LogP contribution is 2.39. The maximum atomic E-state index is 12.2. The maximum absolute atomic E-state index is 12.2. The molecular weight excluding hydrogens is 326 g/mol. The van der Waals surface area contributed by atoms with Crippen LogP contribution in [0.3, 0.4) is 0 Å². The van der Waals surface area contributed by atoms with Crippen molar-refractivity contribution in [2.75, 3.05) is 5.32 Å². The molecule has 0 radical (unpaired) electrons. The number of nitrogens with zero attached hydrogens (tertiary/aromatic N) is 4. The summed E-state index contributed by atoms with van der Waals surface area (Å²) in [5, 5.41) is 15.7. The van der Waals surface area contributed by atoms with E-state index in [-0.39, 0.29) is 11.8 Å². The van der Waals surface area contributed by atoms with Gasteiger partial charge in [-0.3, -0.25) is 4.79 Å². The molecule has 6 nitrogen and oxygen atoms in total. The van der Waals surface area contributed by atoms with Crippen LogP contribution in [0.1, 0.15) is 29.2 Å². The molecule has 4 rings (SSSR count). The summed E-state index contributed by atoms with van der Waals surface area (Å²) in [7, 11) is 0. The van der Waals surface area contributed by atoms with Crippen LogP contribution in [0, 0.1) is 6.92 Å². The van der Waals surface area contributed by atoms with Crippen molar-refractivity contribution in [3.8, 4) is 5.82 Å². The van der Waals surface area contributed by atoms with Crippen molar-refractivity contribution >= 4 is 23.3 Å². The maximum Gasteiger partial charge on any atom is 0.226 e. The molecule has 1 amide bonds. The van der Waals surface area contributed by atoms with Gasteiger partial charge in [0.2, 0.25) is 5.91 Å². The van der Waals surface area contributed by atoms with Crippen LogP contribution in [-0.2, 0) is 4.79 Å². The monoisotopic (exact) mass is 339 g/mol. The van der Waals surface area contributed by atoms with Gasteiger partial charge < -0.3 is 5.32 Å². The smallest absolute Gasteiger partial charge is 0.226 e. The average molecular weight is 340 g/mol. The molecule has 120 valence electrons. The molecule has 1 aromatic carbocycles. The van der Waals surface area contributed by atoms with Crippen molar-refractivity contribution in [2.24, 2.45) is 0 Å². The lowest BCUT2D eigenvalue weighted by atomic mass is 9.86. The minimum atomic E-state index is -0.0422. The van der Waals surface area contributed by atoms with Crippen LogP contribution in [-0.4, -0.2) is 25.9 Å². The molecule has 0 aliphatic carbocycles. The second-order valence-electron chi connectivity index (χ2n) is 5.69. The zero-order valence-electron chi connectivity index (χ0n) is 12.9. The second kappa shape index (κ2) is 5.72. The summed E-state index contributed by atoms with van der Waals surface area (Å²) >= 11 is 5.80. The van der Waals surface area contributed by atoms with E-state index in [9.17, 15) is 4.79 Å². The Balaban J connectivity index is 1.87. The number of anilines is 1. The molecule has 3 aromatic rings. The van der Waals surface area contributed by atoms with Crippen molar-refractivity contribution in [1.82, 2.24) is 20.0 Å². The second-order valence-corrected chi connectivity index (χ2v) is 6.08. The zero-order chi connectivity index (χ0) is 16.7. The number of aromatic nitrogens is 4. The standard InChI is InChI=1S/C17H14ClN5O/c1-10-16-12(11-5-3-2-4-6-11)9-15(24)19-17(16)23(22-10)14-8-7-13(18)20-21-14/h2-8,12H,9H2,1H3,(H,19,24). The SMILES string of the molecule is Cc1nn(-c2ccc(Cl)nn2)c2c1C(c1ccccc1)CC(=O)N2. The van der Waals surface area contributed by atoms with E-state index in [0.29, 0.717) is 23.2 Å². The summed E-state index contributed by atoms with van der Waals surface area (Å²) < 4.78 is 1.61. The van der Waals surface area contributed by atoms with Gasteiger partial charge in [0.15, 0.2) is 11.0 Å². The van der Waals surface area contributed by atoms with Crippen LogP contribution in [0.15, 0.2) is 42.5 Å². The third kappa shape index (κ3) is 2.45. The van der Waals surface area contributed by atoms with Crippen LogP contribution < -0.4 is 5.32 Å². The Kier molecular flexibility index (Phi) is 3.54. The Morgan fingerprint density at radius 1 is 1.17 bits per heavy atom. The lowest BCUT2D eigenvalue weighted by Crippen LogP contribution is -2.25. The van der Waals surface area contributed by atoms with Crippen LogP contribution in [0.4, 0.5) is 5.82 Å². The largest absolute Gasteiger partial charge is 0.310 e. The molecule has 1 unspecified atom stereocenters. The number of carbonyl (C=O) groups is 1. The number of benzene rings is 1. The Hall–Kier alpha value is -2.73. The molecule has 7 heteroatoms. The van der Waals surface area contributed by atoms with Gasteiger partial charge in [-0.2, -0.15) is 9.78 Å². The van der Waals surface area contributed by atoms with Gasteiger partial charge in [-0.25, -0.2) is 0 Å². The molecular formula is C17H14ClN5O. The van der Waals surface area contributed by atoms with E-state index in [1.54, 1.807) is 16.8 Å². The molecule has 0 spiro atoms. The third-order valence-corrected chi connectivity index (χ3v) is 4.34. The predicted molar refractivity (Wildman–Crippen MR) is 90.4 cm³/mol. The van der Waals surface area contributed by atoms with Gasteiger partial charge in [0, 0.05) is 17.9 Å². The van der Waals surface area contributed by atoms with Gasteiger partial charge in [0.25, 0.3) is 0 Å². The van der Waals surface area contributed by atoms with Gasteiger partial charge in [0.05, 0.1) is 5.69 Å². The van der Waals surface area contributed by atoms with Crippen LogP contribution in [0.2, 0.25) is 5.15 Å². The van der Waals surface area contributed by atoms with Gasteiger partial charge in [-0.05, 0) is 24.6 Å². The number of fused-ring (bicyclic) bond motifs is 1. The first kappa shape index (κ1) is 14.8. The van der Waals surface area contributed by atoms with Crippen molar-refractivity contribution in [3.63, 3.8) is 0 Å². The molecule has 1 atom stereocenters. The molecule has 24 heavy (non-hydrogen) atoms. The minimum Gasteiger partial charge on any atom is -0.310 e. The van der Waals surface area contributed by atoms with E-state index in [1.165, 1.54) is 0 Å². The first-order valence-electron chi connectivity index (χ1n) is 7.57. The number of hydrogen-bond donors (Lipinski definition) is 1. The van der Waals surface area contributed by atoms with Crippen molar-refractivity contribution in [3.05, 3.63) is 64.4 Å². The third-order valence-electron chi connectivity index (χ3n) is 4.14. The molecule has 3 heterocycles. The highest BCUT2D eigenvalue weighted by atomic mass is 35.5. The Morgan fingerprint density at radius 3 is 2.67 bits per heavy atom. The lowest BCUT2D eigenvalue weighted by Gasteiger charge is -2.24. The topological polar surface area (TPSA) is 72.7 Å². The number of aryl methyl sites for hydroxylation is 1. The van der Waals surface area contributed by atoms with E-state index in [0.717, 1.165) is 16.8 Å². The summed E-state index contributed by atoms with van der Waals surface area (Å²) in [6, 6.07) is 13.4. The predicted octanol–water partition coefficient (Wildman–Crippen LogP) is 3.10. The number of rotatable bonds is 2. The highest BCUT2D eigenvalue weighted by Gasteiger charge is 2.32. The molecule has 0 saturated heterocycles. The number of nitrogens with one attached hydrogen (secondary N) is 1. The van der Waals surface area contributed by atoms with E-state index in [4.69, 9.17) is 11.6 Å². The molecule has 0 fully saturated rings. The van der Waals surface area contributed by atoms with Crippen LogP contribution in [0.25, 0.3) is 5.82 Å². The molecule has 1 aliphatic heterocycles. The summed E-state index contributed by atoms with van der Waals surface area (Å²) in [6.45, 7) is 1.94. The van der Waals surface area contributed by atoms with Crippen molar-refractivity contribution < 1.29 is 4.79 Å². The van der Waals surface area contributed by atoms with E-state index >= 15 is 0 Å². The summed E-state index contributed by atoms with van der Waals surface area (Å²) in [4.78, 5) is 12.2. The number of halogens is 1.